The van der Waals surface area contributed by atoms with Crippen LogP contribution < -0.4 is 5.73 Å². The van der Waals surface area contributed by atoms with Gasteiger partial charge in [-0.3, -0.25) is 0 Å². The van der Waals surface area contributed by atoms with E-state index >= 15 is 0 Å². The summed E-state index contributed by atoms with van der Waals surface area (Å²) in [5, 5.41) is 1.24. The predicted octanol–water partition coefficient (Wildman–Crippen LogP) is 4.74. The maximum absolute atomic E-state index is 6.16. The molecule has 7 heteroatoms. The van der Waals surface area contributed by atoms with Crippen molar-refractivity contribution in [3.8, 4) is 11.5 Å². The molecule has 2 aromatic heterocycles. The molecule has 162 valence electrons. The first-order valence-electron chi connectivity index (χ1n) is 10.7. The number of hydrogen-bond donors (Lipinski definition) is 1. The van der Waals surface area contributed by atoms with Crippen LogP contribution in [-0.2, 0) is 13.6 Å². The molecule has 3 heterocycles. The minimum atomic E-state index is 0. The van der Waals surface area contributed by atoms with E-state index in [0.29, 0.717) is 0 Å². The van der Waals surface area contributed by atoms with Crippen LogP contribution in [0.4, 0.5) is 0 Å². The van der Waals surface area contributed by atoms with Crippen molar-refractivity contribution in [1.82, 2.24) is 19.0 Å². The molecule has 0 bridgehead atoms. The van der Waals surface area contributed by atoms with Crippen LogP contribution in [0, 0.1) is 0 Å². The van der Waals surface area contributed by atoms with E-state index < -0.39 is 0 Å². The normalized spacial score (nSPS) is 16.6. The summed E-state index contributed by atoms with van der Waals surface area (Å²) in [5.74, 6) is 0.978. The van der Waals surface area contributed by atoms with Crippen LogP contribution in [0.1, 0.15) is 25.3 Å². The molecule has 2 N–H and O–H groups in total. The van der Waals surface area contributed by atoms with E-state index in [0.717, 1.165) is 65.6 Å². The number of nitrogens with zero attached hydrogens (tertiary/aromatic N) is 4. The number of imidazole rings is 1. The summed E-state index contributed by atoms with van der Waals surface area (Å²) < 4.78 is 4.51. The maximum Gasteiger partial charge on any atom is 0.157 e. The number of thiocarbonyl (C=S) groups is 1. The molecule has 4 aromatic rings. The van der Waals surface area contributed by atoms with Crippen molar-refractivity contribution in [2.45, 2.75) is 32.4 Å². The number of nitrogens with two attached hydrogens (primary N) is 1. The fraction of sp³-hybridized carbons (Fsp3) is 0.333. The number of fused-ring (bicyclic) bond motifs is 2. The van der Waals surface area contributed by atoms with E-state index in [9.17, 15) is 0 Å². The van der Waals surface area contributed by atoms with Gasteiger partial charge in [-0.05, 0) is 50.1 Å². The quantitative estimate of drug-likeness (QED) is 0.455. The first-order valence-corrected chi connectivity index (χ1v) is 11.1. The van der Waals surface area contributed by atoms with Crippen LogP contribution in [0.25, 0.3) is 33.5 Å². The standard InChI is InChI=1S/C24H27N5S.ClH/c1-3-29-20-9-5-4-7-16(20)14-22(29)23-26-19-13-17(10-11-21(19)27(23)2)24(30)28-12-6-8-18(25)15-28;/h4-5,7,9-11,13-14,18H,3,6,8,12,15,25H2,1-2H3;1H/t18-;/m1./s1. The van der Waals surface area contributed by atoms with Gasteiger partial charge in [-0.2, -0.15) is 0 Å². The van der Waals surface area contributed by atoms with Gasteiger partial charge in [-0.15, -0.1) is 12.4 Å². The maximum atomic E-state index is 6.16. The van der Waals surface area contributed by atoms with Crippen molar-refractivity contribution >= 4 is 51.5 Å². The van der Waals surface area contributed by atoms with Crippen molar-refractivity contribution in [2.75, 3.05) is 13.1 Å². The second kappa shape index (κ2) is 8.61. The number of piperidine rings is 1. The van der Waals surface area contributed by atoms with E-state index in [1.54, 1.807) is 0 Å². The Morgan fingerprint density at radius 3 is 2.74 bits per heavy atom. The van der Waals surface area contributed by atoms with E-state index in [4.69, 9.17) is 22.9 Å². The number of benzene rings is 2. The van der Waals surface area contributed by atoms with Crippen molar-refractivity contribution in [1.29, 1.82) is 0 Å². The molecule has 1 aliphatic rings. The highest BCUT2D eigenvalue weighted by molar-refractivity contribution is 7.80. The van der Waals surface area contributed by atoms with Gasteiger partial charge in [0.15, 0.2) is 5.82 Å². The van der Waals surface area contributed by atoms with Gasteiger partial charge in [0, 0.05) is 49.2 Å². The Labute approximate surface area is 194 Å². The number of hydrogen-bond acceptors (Lipinski definition) is 3. The third kappa shape index (κ3) is 3.73. The Kier molecular flexibility index (Phi) is 6.06. The molecule has 31 heavy (non-hydrogen) atoms. The van der Waals surface area contributed by atoms with E-state index in [2.05, 4.69) is 76.5 Å². The summed E-state index contributed by atoms with van der Waals surface area (Å²) in [4.78, 5) is 8.15. The van der Waals surface area contributed by atoms with E-state index in [-0.39, 0.29) is 18.4 Å². The highest BCUT2D eigenvalue weighted by atomic mass is 35.5. The smallest absolute Gasteiger partial charge is 0.157 e. The molecule has 5 rings (SSSR count). The van der Waals surface area contributed by atoms with Gasteiger partial charge in [-0.1, -0.05) is 30.4 Å². The summed E-state index contributed by atoms with van der Waals surface area (Å²) in [6.07, 6.45) is 2.17. The molecule has 5 nitrogen and oxygen atoms in total. The molecule has 1 atom stereocenters. The summed E-state index contributed by atoms with van der Waals surface area (Å²) in [5.41, 5.74) is 11.7. The summed E-state index contributed by atoms with van der Waals surface area (Å²) in [6.45, 7) is 4.89. The van der Waals surface area contributed by atoms with Gasteiger partial charge in [0.2, 0.25) is 0 Å². The fourth-order valence-corrected chi connectivity index (χ4v) is 4.97. The number of likely N-dealkylation sites (tertiary alicyclic amines) is 1. The van der Waals surface area contributed by atoms with Crippen LogP contribution in [-0.4, -0.2) is 43.1 Å². The zero-order valence-corrected chi connectivity index (χ0v) is 19.5. The van der Waals surface area contributed by atoms with Crippen LogP contribution >= 0.6 is 24.6 Å². The number of para-hydroxylation sites is 1. The van der Waals surface area contributed by atoms with Crippen molar-refractivity contribution < 1.29 is 0 Å². The Morgan fingerprint density at radius 2 is 1.97 bits per heavy atom. The number of rotatable bonds is 3. The molecule has 0 radical (unpaired) electrons. The lowest BCUT2D eigenvalue weighted by molar-refractivity contribution is 0.314. The van der Waals surface area contributed by atoms with E-state index in [1.807, 2.05) is 0 Å². The zero-order chi connectivity index (χ0) is 20.8. The SMILES string of the molecule is CCn1c(-c2nc3cc(C(=S)N4CCC[C@@H](N)C4)ccc3n2C)cc2ccccc21.Cl. The highest BCUT2D eigenvalue weighted by Crippen LogP contribution is 2.30. The fourth-order valence-electron chi connectivity index (χ4n) is 4.68. The first-order chi connectivity index (χ1) is 14.6. The number of aromatic nitrogens is 3. The average molecular weight is 454 g/mol. The second-order valence-corrected chi connectivity index (χ2v) is 8.57. The van der Waals surface area contributed by atoms with Gasteiger partial charge < -0.3 is 19.8 Å². The largest absolute Gasteiger partial charge is 0.361 e. The minimum Gasteiger partial charge on any atom is -0.361 e. The summed E-state index contributed by atoms with van der Waals surface area (Å²) >= 11 is 5.80. The zero-order valence-electron chi connectivity index (χ0n) is 17.9. The number of aryl methyl sites for hydroxylation is 2. The Morgan fingerprint density at radius 1 is 1.16 bits per heavy atom. The molecule has 1 saturated heterocycles. The van der Waals surface area contributed by atoms with Gasteiger partial charge >= 0.3 is 0 Å². The molecule has 0 saturated carbocycles. The van der Waals surface area contributed by atoms with Crippen molar-refractivity contribution in [3.63, 3.8) is 0 Å². The predicted molar refractivity (Wildman–Crippen MR) is 135 cm³/mol. The third-order valence-corrected chi connectivity index (χ3v) is 6.72. The Hall–Kier alpha value is -2.41. The lowest BCUT2D eigenvalue weighted by atomic mass is 10.1. The summed E-state index contributed by atoms with van der Waals surface area (Å²) in [7, 11) is 2.09. The minimum absolute atomic E-state index is 0. The Balaban J connectivity index is 0.00000231. The average Bonchev–Trinajstić information content (AvgIpc) is 3.30. The van der Waals surface area contributed by atoms with Crippen LogP contribution in [0.5, 0.6) is 0 Å². The molecular weight excluding hydrogens is 426 g/mol. The number of halogens is 1. The van der Waals surface area contributed by atoms with Gasteiger partial charge in [-0.25, -0.2) is 4.98 Å². The molecule has 0 unspecified atom stereocenters. The van der Waals surface area contributed by atoms with Crippen LogP contribution in [0.15, 0.2) is 48.5 Å². The first kappa shape index (κ1) is 21.8. The van der Waals surface area contributed by atoms with Gasteiger partial charge in [0.1, 0.15) is 4.99 Å². The molecule has 0 spiro atoms. The Bertz CT molecular complexity index is 1260. The lowest BCUT2D eigenvalue weighted by Gasteiger charge is -2.32. The molecule has 1 aliphatic heterocycles. The second-order valence-electron chi connectivity index (χ2n) is 8.18. The van der Waals surface area contributed by atoms with Crippen LogP contribution in [0.2, 0.25) is 0 Å². The van der Waals surface area contributed by atoms with Crippen molar-refractivity contribution in [2.24, 2.45) is 12.8 Å². The van der Waals surface area contributed by atoms with E-state index in [1.165, 1.54) is 10.9 Å². The molecule has 0 aliphatic carbocycles. The van der Waals surface area contributed by atoms with Gasteiger partial charge in [0.05, 0.1) is 16.7 Å². The van der Waals surface area contributed by atoms with Crippen LogP contribution in [0.3, 0.4) is 0 Å². The molecule has 2 aromatic carbocycles. The monoisotopic (exact) mass is 453 g/mol. The topological polar surface area (TPSA) is 52.0 Å². The summed E-state index contributed by atoms with van der Waals surface area (Å²) in [6, 6.07) is 17.3. The van der Waals surface area contributed by atoms with Crippen molar-refractivity contribution in [3.05, 3.63) is 54.1 Å². The third-order valence-electron chi connectivity index (χ3n) is 6.23. The highest BCUT2D eigenvalue weighted by Gasteiger charge is 2.21. The molecule has 1 fully saturated rings. The lowest BCUT2D eigenvalue weighted by Crippen LogP contribution is -2.45. The molecular formula is C24H28ClN5S. The van der Waals surface area contributed by atoms with Gasteiger partial charge in [0.25, 0.3) is 0 Å². The molecule has 0 amide bonds.